The molecule has 3 aromatic rings. The van der Waals surface area contributed by atoms with Crippen molar-refractivity contribution in [2.75, 3.05) is 31.1 Å². The number of Topliss-reactive ketones (excluding diaryl/α,β-unsaturated/α-hetero) is 1. The van der Waals surface area contributed by atoms with Gasteiger partial charge in [-0.3, -0.25) is 9.69 Å². The van der Waals surface area contributed by atoms with Crippen LogP contribution in [-0.4, -0.2) is 42.0 Å². The van der Waals surface area contributed by atoms with Gasteiger partial charge in [-0.05, 0) is 35.9 Å². The Morgan fingerprint density at radius 1 is 0.938 bits per heavy atom. The Bertz CT molecular complexity index is 1180. The van der Waals surface area contributed by atoms with Gasteiger partial charge in [-0.15, -0.1) is 0 Å². The first-order valence-electron chi connectivity index (χ1n) is 10.7. The van der Waals surface area contributed by atoms with Crippen molar-refractivity contribution in [2.24, 2.45) is 0 Å². The Morgan fingerprint density at radius 2 is 1.66 bits per heavy atom. The van der Waals surface area contributed by atoms with E-state index < -0.39 is 0 Å². The molecular weight excluding hydrogens is 407 g/mol. The molecule has 5 nitrogen and oxygen atoms in total. The second-order valence-electron chi connectivity index (χ2n) is 8.00. The van der Waals surface area contributed by atoms with E-state index in [4.69, 9.17) is 4.74 Å². The van der Waals surface area contributed by atoms with Gasteiger partial charge < -0.3 is 14.7 Å². The second-order valence-corrected chi connectivity index (χ2v) is 8.00. The first kappa shape index (κ1) is 20.3. The minimum atomic E-state index is -0.218. The molecule has 0 unspecified atom stereocenters. The summed E-state index contributed by atoms with van der Waals surface area (Å²) in [5.74, 6) is 0.378. The van der Waals surface area contributed by atoms with Crippen LogP contribution < -0.4 is 9.64 Å². The molecule has 3 aromatic carbocycles. The molecule has 0 saturated carbocycles. The molecule has 32 heavy (non-hydrogen) atoms. The summed E-state index contributed by atoms with van der Waals surface area (Å²) in [6.07, 6.45) is 1.72. The SMILES string of the molecule is O=C1/C(=C/c2ccccc2)Oc2c1ccc(O)c2CN1CCN(c2ccccc2F)CC1. The van der Waals surface area contributed by atoms with E-state index in [9.17, 15) is 14.3 Å². The van der Waals surface area contributed by atoms with Gasteiger partial charge in [0.25, 0.3) is 0 Å². The van der Waals surface area contributed by atoms with Gasteiger partial charge in [0.15, 0.2) is 5.76 Å². The largest absolute Gasteiger partial charge is 0.507 e. The van der Waals surface area contributed by atoms with E-state index in [-0.39, 0.29) is 23.1 Å². The highest BCUT2D eigenvalue weighted by Crippen LogP contribution is 2.40. The van der Waals surface area contributed by atoms with Gasteiger partial charge in [-0.2, -0.15) is 0 Å². The summed E-state index contributed by atoms with van der Waals surface area (Å²) in [5.41, 5.74) is 2.55. The van der Waals surface area contributed by atoms with E-state index in [2.05, 4.69) is 4.90 Å². The summed E-state index contributed by atoms with van der Waals surface area (Å²) >= 11 is 0. The number of para-hydroxylation sites is 1. The highest BCUT2D eigenvalue weighted by molar-refractivity contribution is 6.15. The summed E-state index contributed by atoms with van der Waals surface area (Å²) < 4.78 is 20.1. The molecule has 0 amide bonds. The summed E-state index contributed by atoms with van der Waals surface area (Å²) in [6, 6.07) is 19.5. The molecule has 0 atom stereocenters. The predicted octanol–water partition coefficient (Wildman–Crippen LogP) is 4.47. The van der Waals surface area contributed by atoms with Crippen molar-refractivity contribution in [3.8, 4) is 11.5 Å². The van der Waals surface area contributed by atoms with Crippen LogP contribution in [-0.2, 0) is 6.54 Å². The van der Waals surface area contributed by atoms with Gasteiger partial charge in [-0.1, -0.05) is 42.5 Å². The lowest BCUT2D eigenvalue weighted by Crippen LogP contribution is -2.46. The summed E-state index contributed by atoms with van der Waals surface area (Å²) in [5, 5.41) is 10.5. The number of piperazine rings is 1. The monoisotopic (exact) mass is 430 g/mol. The standard InChI is InChI=1S/C26H23FN2O3/c27-21-8-4-5-9-22(21)29-14-12-28(13-15-29)17-20-23(30)11-10-19-25(31)24(32-26(19)20)16-18-6-2-1-3-7-18/h1-11,16,30H,12-15,17H2/b24-16-. The number of ether oxygens (including phenoxy) is 1. The molecular formula is C26H23FN2O3. The zero-order chi connectivity index (χ0) is 22.1. The smallest absolute Gasteiger partial charge is 0.231 e. The number of phenols is 1. The molecule has 5 rings (SSSR count). The zero-order valence-electron chi connectivity index (χ0n) is 17.5. The summed E-state index contributed by atoms with van der Waals surface area (Å²) in [6.45, 7) is 3.22. The number of halogens is 1. The van der Waals surface area contributed by atoms with Crippen LogP contribution in [0.15, 0.2) is 72.5 Å². The van der Waals surface area contributed by atoms with Crippen molar-refractivity contribution in [3.63, 3.8) is 0 Å². The number of hydrogen-bond donors (Lipinski definition) is 1. The van der Waals surface area contributed by atoms with E-state index in [1.165, 1.54) is 6.07 Å². The molecule has 0 radical (unpaired) electrons. The molecule has 0 spiro atoms. The molecule has 1 saturated heterocycles. The van der Waals surface area contributed by atoms with Crippen molar-refractivity contribution in [1.82, 2.24) is 4.90 Å². The number of phenolic OH excluding ortho intramolecular Hbond substituents is 1. The van der Waals surface area contributed by atoms with E-state index in [1.54, 1.807) is 30.3 Å². The lowest BCUT2D eigenvalue weighted by Gasteiger charge is -2.36. The third-order valence-electron chi connectivity index (χ3n) is 5.96. The number of hydrogen-bond acceptors (Lipinski definition) is 5. The number of benzene rings is 3. The van der Waals surface area contributed by atoms with Gasteiger partial charge in [-0.25, -0.2) is 4.39 Å². The Labute approximate surface area is 186 Å². The first-order valence-corrected chi connectivity index (χ1v) is 10.7. The number of allylic oxidation sites excluding steroid dienone is 1. The maximum absolute atomic E-state index is 14.1. The lowest BCUT2D eigenvalue weighted by atomic mass is 10.0. The lowest BCUT2D eigenvalue weighted by molar-refractivity contribution is 0.101. The highest BCUT2D eigenvalue weighted by atomic mass is 19.1. The molecule has 0 aliphatic carbocycles. The van der Waals surface area contributed by atoms with Gasteiger partial charge >= 0.3 is 0 Å². The van der Waals surface area contributed by atoms with Crippen LogP contribution in [0.25, 0.3) is 6.08 Å². The zero-order valence-corrected chi connectivity index (χ0v) is 17.5. The molecule has 2 aliphatic rings. The second kappa shape index (κ2) is 8.48. The maximum atomic E-state index is 14.1. The molecule has 2 aliphatic heterocycles. The van der Waals surface area contributed by atoms with Crippen LogP contribution in [0.2, 0.25) is 0 Å². The maximum Gasteiger partial charge on any atom is 0.231 e. The first-order chi connectivity index (χ1) is 15.6. The quantitative estimate of drug-likeness (QED) is 0.619. The predicted molar refractivity (Wildman–Crippen MR) is 121 cm³/mol. The number of rotatable bonds is 4. The molecule has 162 valence electrons. The van der Waals surface area contributed by atoms with Crippen molar-refractivity contribution in [1.29, 1.82) is 0 Å². The third-order valence-corrected chi connectivity index (χ3v) is 5.96. The third kappa shape index (κ3) is 3.85. The Kier molecular flexibility index (Phi) is 5.37. The van der Waals surface area contributed by atoms with Crippen molar-refractivity contribution in [3.05, 3.63) is 95.0 Å². The van der Waals surface area contributed by atoms with Gasteiger partial charge in [0, 0.05) is 32.7 Å². The fourth-order valence-electron chi connectivity index (χ4n) is 4.23. The number of fused-ring (bicyclic) bond motifs is 1. The van der Waals surface area contributed by atoms with Crippen LogP contribution in [0.4, 0.5) is 10.1 Å². The van der Waals surface area contributed by atoms with E-state index in [0.717, 1.165) is 5.56 Å². The van der Waals surface area contributed by atoms with Gasteiger partial charge in [0.1, 0.15) is 17.3 Å². The van der Waals surface area contributed by atoms with E-state index in [0.29, 0.717) is 55.3 Å². The molecule has 1 N–H and O–H groups in total. The number of carbonyl (C=O) groups excluding carboxylic acids is 1. The Hall–Kier alpha value is -3.64. The van der Waals surface area contributed by atoms with E-state index in [1.807, 2.05) is 41.3 Å². The van der Waals surface area contributed by atoms with Crippen LogP contribution in [0.1, 0.15) is 21.5 Å². The summed E-state index contributed by atoms with van der Waals surface area (Å²) in [7, 11) is 0. The van der Waals surface area contributed by atoms with Crippen LogP contribution in [0, 0.1) is 5.82 Å². The Balaban J connectivity index is 1.33. The van der Waals surface area contributed by atoms with Crippen molar-refractivity contribution in [2.45, 2.75) is 6.54 Å². The minimum absolute atomic E-state index is 0.106. The molecule has 0 aromatic heterocycles. The van der Waals surface area contributed by atoms with Crippen LogP contribution in [0.5, 0.6) is 11.5 Å². The number of aromatic hydroxyl groups is 1. The summed E-state index contributed by atoms with van der Waals surface area (Å²) in [4.78, 5) is 17.1. The molecule has 2 heterocycles. The Morgan fingerprint density at radius 3 is 2.41 bits per heavy atom. The average Bonchev–Trinajstić information content (AvgIpc) is 3.13. The van der Waals surface area contributed by atoms with Crippen LogP contribution >= 0.6 is 0 Å². The molecule has 0 bridgehead atoms. The number of nitrogens with zero attached hydrogens (tertiary/aromatic N) is 2. The fourth-order valence-corrected chi connectivity index (χ4v) is 4.23. The van der Waals surface area contributed by atoms with Crippen LogP contribution in [0.3, 0.4) is 0 Å². The van der Waals surface area contributed by atoms with E-state index >= 15 is 0 Å². The number of anilines is 1. The number of carbonyl (C=O) groups is 1. The average molecular weight is 430 g/mol. The normalized spacial score (nSPS) is 17.5. The fraction of sp³-hybridized carbons (Fsp3) is 0.192. The number of ketones is 1. The minimum Gasteiger partial charge on any atom is -0.507 e. The van der Waals surface area contributed by atoms with Crippen molar-refractivity contribution >= 4 is 17.5 Å². The molecule has 1 fully saturated rings. The van der Waals surface area contributed by atoms with Gasteiger partial charge in [0.2, 0.25) is 5.78 Å². The topological polar surface area (TPSA) is 53.0 Å². The van der Waals surface area contributed by atoms with Crippen molar-refractivity contribution < 1.29 is 19.0 Å². The van der Waals surface area contributed by atoms with Gasteiger partial charge in [0.05, 0.1) is 16.8 Å². The highest BCUT2D eigenvalue weighted by Gasteiger charge is 2.32. The molecule has 6 heteroatoms.